The Hall–Kier alpha value is -1.29. The lowest BCUT2D eigenvalue weighted by Gasteiger charge is -2.36. The zero-order valence-electron chi connectivity index (χ0n) is 16.6. The van der Waals surface area contributed by atoms with E-state index in [1.807, 2.05) is 24.3 Å². The highest BCUT2D eigenvalue weighted by molar-refractivity contribution is 6.36. The summed E-state index contributed by atoms with van der Waals surface area (Å²) in [5, 5.41) is 1.27. The molecule has 0 N–H and O–H groups in total. The number of hydrogen-bond acceptors (Lipinski definition) is 2. The molecule has 0 radical (unpaired) electrons. The largest absolute Gasteiger partial charge is 0.339 e. The number of likely N-dealkylation sites (tertiary alicyclic amines) is 1. The average molecular weight is 454 g/mol. The minimum Gasteiger partial charge on any atom is -0.339 e. The first-order valence-corrected chi connectivity index (χ1v) is 11.0. The number of amides is 1. The number of aromatic nitrogens is 1. The Kier molecular flexibility index (Phi) is 7.47. The molecule has 1 aromatic heterocycles. The van der Waals surface area contributed by atoms with E-state index < -0.39 is 0 Å². The molecule has 2 aliphatic rings. The first-order chi connectivity index (χ1) is 13.5. The zero-order chi connectivity index (χ0) is 19.7. The quantitative estimate of drug-likeness (QED) is 0.533. The van der Waals surface area contributed by atoms with Crippen molar-refractivity contribution in [2.45, 2.75) is 51.5 Å². The summed E-state index contributed by atoms with van der Waals surface area (Å²) >= 11 is 13.2. The summed E-state index contributed by atoms with van der Waals surface area (Å²) in [6.45, 7) is 3.15. The van der Waals surface area contributed by atoms with Gasteiger partial charge >= 0.3 is 0 Å². The van der Waals surface area contributed by atoms with Crippen LogP contribution in [0.25, 0.3) is 11.1 Å². The predicted molar refractivity (Wildman–Crippen MR) is 122 cm³/mol. The van der Waals surface area contributed by atoms with Crippen LogP contribution in [-0.4, -0.2) is 28.4 Å². The Morgan fingerprint density at radius 3 is 2.34 bits per heavy atom. The van der Waals surface area contributed by atoms with Gasteiger partial charge in [-0.2, -0.15) is 0 Å². The molecule has 1 saturated carbocycles. The molecule has 2 aromatic rings. The first kappa shape index (κ1) is 22.4. The monoisotopic (exact) mass is 452 g/mol. The molecule has 3 atom stereocenters. The van der Waals surface area contributed by atoms with Crippen molar-refractivity contribution < 1.29 is 4.79 Å². The number of carbonyl (C=O) groups is 1. The lowest BCUT2D eigenvalue weighted by atomic mass is 9.85. The molecule has 1 aromatic carbocycles. The Bertz CT molecular complexity index is 835. The molecule has 1 saturated heterocycles. The van der Waals surface area contributed by atoms with Crippen molar-refractivity contribution in [3.63, 3.8) is 0 Å². The predicted octanol–water partition coefficient (Wildman–Crippen LogP) is 6.45. The Balaban J connectivity index is 0.00000240. The van der Waals surface area contributed by atoms with E-state index in [1.165, 1.54) is 19.3 Å². The molecule has 1 aliphatic heterocycles. The van der Waals surface area contributed by atoms with Crippen LogP contribution in [0.1, 0.15) is 44.6 Å². The molecule has 0 spiro atoms. The van der Waals surface area contributed by atoms with Gasteiger partial charge in [0.05, 0.1) is 0 Å². The van der Waals surface area contributed by atoms with Gasteiger partial charge in [0.15, 0.2) is 0 Å². The second-order valence-corrected chi connectivity index (χ2v) is 9.02. The van der Waals surface area contributed by atoms with Crippen molar-refractivity contribution in [2.24, 2.45) is 11.8 Å². The maximum Gasteiger partial charge on any atom is 0.226 e. The SMILES string of the molecule is CC1CCCCC1N1CCC(Cc2c(Cl)cc(-c3ccncc3)cc2Cl)C1=O.Cl. The fourth-order valence-corrected chi connectivity index (χ4v) is 5.44. The summed E-state index contributed by atoms with van der Waals surface area (Å²) < 4.78 is 0. The van der Waals surface area contributed by atoms with Crippen molar-refractivity contribution >= 4 is 41.5 Å². The molecule has 2 heterocycles. The van der Waals surface area contributed by atoms with Crippen LogP contribution in [0.15, 0.2) is 36.7 Å². The average Bonchev–Trinajstić information content (AvgIpc) is 3.06. The zero-order valence-corrected chi connectivity index (χ0v) is 18.9. The molecular weight excluding hydrogens is 427 g/mol. The topological polar surface area (TPSA) is 33.2 Å². The second kappa shape index (κ2) is 9.68. The summed E-state index contributed by atoms with van der Waals surface area (Å²) in [6.07, 6.45) is 9.91. The van der Waals surface area contributed by atoms with Gasteiger partial charge < -0.3 is 4.90 Å². The molecule has 2 fully saturated rings. The van der Waals surface area contributed by atoms with Crippen LogP contribution in [0.2, 0.25) is 10.0 Å². The summed E-state index contributed by atoms with van der Waals surface area (Å²) in [4.78, 5) is 19.3. The molecule has 1 amide bonds. The maximum atomic E-state index is 13.1. The third kappa shape index (κ3) is 4.73. The number of benzene rings is 1. The number of hydrogen-bond donors (Lipinski definition) is 0. The Morgan fingerprint density at radius 2 is 1.69 bits per heavy atom. The van der Waals surface area contributed by atoms with E-state index in [0.29, 0.717) is 28.4 Å². The van der Waals surface area contributed by atoms with Gasteiger partial charge in [0.2, 0.25) is 5.91 Å². The Labute approximate surface area is 189 Å². The van der Waals surface area contributed by atoms with E-state index in [1.54, 1.807) is 12.4 Å². The highest BCUT2D eigenvalue weighted by atomic mass is 35.5. The fourth-order valence-electron chi connectivity index (χ4n) is 4.80. The van der Waals surface area contributed by atoms with E-state index in [0.717, 1.165) is 36.1 Å². The number of carbonyl (C=O) groups excluding carboxylic acids is 1. The number of halogens is 3. The van der Waals surface area contributed by atoms with Crippen LogP contribution in [0.3, 0.4) is 0 Å². The number of nitrogens with zero attached hydrogens (tertiary/aromatic N) is 2. The summed E-state index contributed by atoms with van der Waals surface area (Å²) in [5.74, 6) is 0.864. The van der Waals surface area contributed by atoms with Crippen LogP contribution in [0, 0.1) is 11.8 Å². The van der Waals surface area contributed by atoms with Gasteiger partial charge in [-0.05, 0) is 72.6 Å². The minimum absolute atomic E-state index is 0. The Morgan fingerprint density at radius 1 is 1.03 bits per heavy atom. The fraction of sp³-hybridized carbons (Fsp3) is 0.478. The van der Waals surface area contributed by atoms with E-state index >= 15 is 0 Å². The van der Waals surface area contributed by atoms with Gasteiger partial charge in [-0.1, -0.05) is 43.0 Å². The third-order valence-electron chi connectivity index (χ3n) is 6.42. The summed E-state index contributed by atoms with van der Waals surface area (Å²) in [6, 6.07) is 8.17. The van der Waals surface area contributed by atoms with E-state index in [4.69, 9.17) is 23.2 Å². The van der Waals surface area contributed by atoms with Gasteiger partial charge in [0.1, 0.15) is 0 Å². The van der Waals surface area contributed by atoms with Crippen molar-refractivity contribution in [1.29, 1.82) is 0 Å². The number of pyridine rings is 1. The van der Waals surface area contributed by atoms with Gasteiger partial charge in [-0.25, -0.2) is 0 Å². The molecule has 156 valence electrons. The van der Waals surface area contributed by atoms with Crippen molar-refractivity contribution in [1.82, 2.24) is 9.88 Å². The molecular formula is C23H27Cl3N2O. The molecule has 3 nitrogen and oxygen atoms in total. The van der Waals surface area contributed by atoms with Crippen LogP contribution in [0.4, 0.5) is 0 Å². The normalized spacial score (nSPS) is 24.4. The van der Waals surface area contributed by atoms with Crippen molar-refractivity contribution in [3.8, 4) is 11.1 Å². The van der Waals surface area contributed by atoms with Crippen LogP contribution in [-0.2, 0) is 11.2 Å². The lowest BCUT2D eigenvalue weighted by molar-refractivity contribution is -0.134. The van der Waals surface area contributed by atoms with Crippen LogP contribution >= 0.6 is 35.6 Å². The highest BCUT2D eigenvalue weighted by Crippen LogP contribution is 2.37. The van der Waals surface area contributed by atoms with Gasteiger partial charge in [0.25, 0.3) is 0 Å². The molecule has 4 rings (SSSR count). The minimum atomic E-state index is -0.0177. The maximum absolute atomic E-state index is 13.1. The molecule has 3 unspecified atom stereocenters. The number of rotatable bonds is 4. The smallest absolute Gasteiger partial charge is 0.226 e. The standard InChI is InChI=1S/C23H26Cl2N2O.ClH/c1-15-4-2-3-5-22(15)27-11-8-17(23(27)28)12-19-20(24)13-18(14-21(19)25)16-6-9-26-10-7-16;/h6-7,9-10,13-15,17,22H,2-5,8,11-12H2,1H3;1H. The van der Waals surface area contributed by atoms with E-state index in [9.17, 15) is 4.79 Å². The van der Waals surface area contributed by atoms with E-state index in [-0.39, 0.29) is 24.2 Å². The third-order valence-corrected chi connectivity index (χ3v) is 7.10. The molecule has 6 heteroatoms. The van der Waals surface area contributed by atoms with Crippen LogP contribution < -0.4 is 0 Å². The van der Waals surface area contributed by atoms with Crippen molar-refractivity contribution in [2.75, 3.05) is 6.54 Å². The molecule has 29 heavy (non-hydrogen) atoms. The highest BCUT2D eigenvalue weighted by Gasteiger charge is 2.38. The van der Waals surface area contributed by atoms with Gasteiger partial charge in [-0.15, -0.1) is 12.4 Å². The van der Waals surface area contributed by atoms with Crippen molar-refractivity contribution in [3.05, 3.63) is 52.3 Å². The van der Waals surface area contributed by atoms with Gasteiger partial charge in [-0.3, -0.25) is 9.78 Å². The summed E-state index contributed by atoms with van der Waals surface area (Å²) in [5.41, 5.74) is 2.88. The molecule has 0 bridgehead atoms. The molecule has 1 aliphatic carbocycles. The van der Waals surface area contributed by atoms with Crippen LogP contribution in [0.5, 0.6) is 0 Å². The summed E-state index contributed by atoms with van der Waals surface area (Å²) in [7, 11) is 0. The first-order valence-electron chi connectivity index (χ1n) is 10.2. The van der Waals surface area contributed by atoms with E-state index in [2.05, 4.69) is 16.8 Å². The van der Waals surface area contributed by atoms with Gasteiger partial charge in [0, 0.05) is 40.9 Å². The second-order valence-electron chi connectivity index (χ2n) is 8.20. The lowest BCUT2D eigenvalue weighted by Crippen LogP contribution is -2.43.